The molecule has 6 nitrogen and oxygen atoms in total. The summed E-state index contributed by atoms with van der Waals surface area (Å²) >= 11 is 5.88. The first-order chi connectivity index (χ1) is 14.8. The molecule has 0 atom stereocenters. The second kappa shape index (κ2) is 9.96. The third kappa shape index (κ3) is 5.85. The lowest BCUT2D eigenvalue weighted by Crippen LogP contribution is -2.21. The molecule has 0 fully saturated rings. The topological polar surface area (TPSA) is 87.3 Å². The molecule has 1 heterocycles. The van der Waals surface area contributed by atoms with Gasteiger partial charge in [-0.25, -0.2) is 13.1 Å². The third-order valence-electron chi connectivity index (χ3n) is 4.81. The Hall–Kier alpha value is -2.87. The number of carbonyl (C=O) groups excluding carboxylic acids is 1. The van der Waals surface area contributed by atoms with Gasteiger partial charge in [-0.2, -0.15) is 0 Å². The molecule has 0 aromatic heterocycles. The van der Waals surface area contributed by atoms with E-state index in [1.165, 1.54) is 13.1 Å². The maximum absolute atomic E-state index is 12.7. The number of amides is 1. The lowest BCUT2D eigenvalue weighted by atomic mass is 10.0. The van der Waals surface area contributed by atoms with E-state index in [0.29, 0.717) is 21.8 Å². The molecule has 8 heteroatoms. The molecule has 162 valence electrons. The Labute approximate surface area is 187 Å². The van der Waals surface area contributed by atoms with Crippen molar-refractivity contribution in [3.8, 4) is 0 Å². The SMILES string of the molecule is CCC1=CNC=C(c2ccc(NC(=O)Cc3ccc(Cl)cc3)cc2S(=O)(=O)NC)C=C1. The van der Waals surface area contributed by atoms with E-state index in [1.54, 1.807) is 42.6 Å². The van der Waals surface area contributed by atoms with Crippen LogP contribution in [0.25, 0.3) is 5.57 Å². The van der Waals surface area contributed by atoms with Gasteiger partial charge in [-0.3, -0.25) is 4.79 Å². The number of hydrogen-bond donors (Lipinski definition) is 3. The number of halogens is 1. The largest absolute Gasteiger partial charge is 0.367 e. The van der Waals surface area contributed by atoms with Crippen LogP contribution in [0.5, 0.6) is 0 Å². The number of anilines is 1. The summed E-state index contributed by atoms with van der Waals surface area (Å²) in [5.41, 5.74) is 3.54. The van der Waals surface area contributed by atoms with Crippen molar-refractivity contribution >= 4 is 38.8 Å². The van der Waals surface area contributed by atoms with Crippen LogP contribution in [0.15, 0.2) is 77.5 Å². The van der Waals surface area contributed by atoms with Gasteiger partial charge in [-0.05, 0) is 54.4 Å². The van der Waals surface area contributed by atoms with Crippen molar-refractivity contribution < 1.29 is 13.2 Å². The minimum absolute atomic E-state index is 0.0805. The van der Waals surface area contributed by atoms with Gasteiger partial charge in [0, 0.05) is 28.7 Å². The molecular weight excluding hydrogens is 434 g/mol. The molecule has 0 aliphatic carbocycles. The zero-order valence-electron chi connectivity index (χ0n) is 17.3. The summed E-state index contributed by atoms with van der Waals surface area (Å²) in [5.74, 6) is -0.255. The Balaban J connectivity index is 1.89. The molecule has 1 aliphatic rings. The second-order valence-corrected chi connectivity index (χ2v) is 9.23. The van der Waals surface area contributed by atoms with Gasteiger partial charge in [-0.15, -0.1) is 0 Å². The molecule has 31 heavy (non-hydrogen) atoms. The maximum Gasteiger partial charge on any atom is 0.241 e. The predicted molar refractivity (Wildman–Crippen MR) is 125 cm³/mol. The van der Waals surface area contributed by atoms with E-state index in [9.17, 15) is 13.2 Å². The van der Waals surface area contributed by atoms with E-state index >= 15 is 0 Å². The molecule has 0 unspecified atom stereocenters. The Bertz CT molecular complexity index is 1170. The van der Waals surface area contributed by atoms with Crippen molar-refractivity contribution in [3.63, 3.8) is 0 Å². The predicted octanol–water partition coefficient (Wildman–Crippen LogP) is 4.22. The minimum atomic E-state index is -3.77. The van der Waals surface area contributed by atoms with E-state index in [2.05, 4.69) is 15.4 Å². The third-order valence-corrected chi connectivity index (χ3v) is 6.51. The van der Waals surface area contributed by atoms with Crippen molar-refractivity contribution in [3.05, 3.63) is 88.7 Å². The quantitative estimate of drug-likeness (QED) is 0.580. The Morgan fingerprint density at radius 1 is 1.06 bits per heavy atom. The highest BCUT2D eigenvalue weighted by molar-refractivity contribution is 7.89. The molecule has 0 bridgehead atoms. The number of hydrogen-bond acceptors (Lipinski definition) is 4. The lowest BCUT2D eigenvalue weighted by Gasteiger charge is -2.14. The molecular formula is C23H24ClN3O3S. The monoisotopic (exact) mass is 457 g/mol. The number of allylic oxidation sites excluding steroid dienone is 4. The van der Waals surface area contributed by atoms with Gasteiger partial charge in [-0.1, -0.05) is 48.9 Å². The van der Waals surface area contributed by atoms with Crippen LogP contribution >= 0.6 is 11.6 Å². The van der Waals surface area contributed by atoms with Crippen molar-refractivity contribution in [2.24, 2.45) is 0 Å². The van der Waals surface area contributed by atoms with Crippen molar-refractivity contribution in [2.45, 2.75) is 24.7 Å². The summed E-state index contributed by atoms with van der Waals surface area (Å²) in [5, 5.41) is 6.46. The van der Waals surface area contributed by atoms with Gasteiger partial charge < -0.3 is 10.6 Å². The average molecular weight is 458 g/mol. The van der Waals surface area contributed by atoms with Crippen molar-refractivity contribution in [2.75, 3.05) is 12.4 Å². The second-order valence-electron chi connectivity index (χ2n) is 6.94. The lowest BCUT2D eigenvalue weighted by molar-refractivity contribution is -0.115. The van der Waals surface area contributed by atoms with Crippen LogP contribution in [-0.4, -0.2) is 21.4 Å². The highest BCUT2D eigenvalue weighted by Crippen LogP contribution is 2.28. The summed E-state index contributed by atoms with van der Waals surface area (Å²) in [6.45, 7) is 2.04. The summed E-state index contributed by atoms with van der Waals surface area (Å²) in [7, 11) is -2.41. The van der Waals surface area contributed by atoms with Gasteiger partial charge in [0.1, 0.15) is 0 Å². The van der Waals surface area contributed by atoms with E-state index in [4.69, 9.17) is 11.6 Å². The van der Waals surface area contributed by atoms with Gasteiger partial charge in [0.25, 0.3) is 0 Å². The molecule has 0 radical (unpaired) electrons. The normalized spacial score (nSPS) is 13.6. The molecule has 0 saturated heterocycles. The first-order valence-corrected chi connectivity index (χ1v) is 11.6. The minimum Gasteiger partial charge on any atom is -0.367 e. The summed E-state index contributed by atoms with van der Waals surface area (Å²) in [6, 6.07) is 11.8. The first kappa shape index (κ1) is 22.8. The van der Waals surface area contributed by atoms with Crippen molar-refractivity contribution in [1.29, 1.82) is 0 Å². The van der Waals surface area contributed by atoms with E-state index < -0.39 is 10.0 Å². The van der Waals surface area contributed by atoms with Gasteiger partial charge >= 0.3 is 0 Å². The molecule has 1 amide bonds. The molecule has 2 aromatic rings. The van der Waals surface area contributed by atoms with E-state index in [-0.39, 0.29) is 17.2 Å². The summed E-state index contributed by atoms with van der Waals surface area (Å²) in [6.07, 6.45) is 8.45. The molecule has 3 N–H and O–H groups in total. The number of sulfonamides is 1. The van der Waals surface area contributed by atoms with Gasteiger partial charge in [0.05, 0.1) is 11.3 Å². The van der Waals surface area contributed by atoms with Crippen LogP contribution in [-0.2, 0) is 21.2 Å². The van der Waals surface area contributed by atoms with Crippen molar-refractivity contribution in [1.82, 2.24) is 10.0 Å². The standard InChI is InChI=1S/C23H24ClN3O3S/c1-3-16-4-7-18(15-26-14-16)21-11-10-20(13-22(21)31(29,30)25-2)27-23(28)12-17-5-8-19(24)9-6-17/h4-11,13-15,25-26H,3,12H2,1-2H3,(H,27,28). The smallest absolute Gasteiger partial charge is 0.241 e. The molecule has 1 aliphatic heterocycles. The van der Waals surface area contributed by atoms with Crippen LogP contribution in [0.4, 0.5) is 5.69 Å². The van der Waals surface area contributed by atoms with Gasteiger partial charge in [0.15, 0.2) is 0 Å². The first-order valence-electron chi connectivity index (χ1n) is 9.78. The zero-order chi connectivity index (χ0) is 22.4. The summed E-state index contributed by atoms with van der Waals surface area (Å²) in [4.78, 5) is 12.5. The van der Waals surface area contributed by atoms with Crippen LogP contribution in [0.2, 0.25) is 5.02 Å². The number of carbonyl (C=O) groups is 1. The fourth-order valence-electron chi connectivity index (χ4n) is 3.08. The number of nitrogens with one attached hydrogen (secondary N) is 3. The number of benzene rings is 2. The van der Waals surface area contributed by atoms with Crippen LogP contribution in [0.1, 0.15) is 24.5 Å². The summed E-state index contributed by atoms with van der Waals surface area (Å²) < 4.78 is 27.8. The number of rotatable bonds is 7. The molecule has 0 spiro atoms. The van der Waals surface area contributed by atoms with Gasteiger partial charge in [0.2, 0.25) is 15.9 Å². The Morgan fingerprint density at radius 3 is 2.48 bits per heavy atom. The Morgan fingerprint density at radius 2 is 1.81 bits per heavy atom. The highest BCUT2D eigenvalue weighted by Gasteiger charge is 2.20. The molecule has 3 rings (SSSR count). The zero-order valence-corrected chi connectivity index (χ0v) is 18.8. The Kier molecular flexibility index (Phi) is 7.33. The van der Waals surface area contributed by atoms with Crippen LogP contribution in [0.3, 0.4) is 0 Å². The van der Waals surface area contributed by atoms with E-state index in [1.807, 2.05) is 25.3 Å². The van der Waals surface area contributed by atoms with Crippen LogP contribution < -0.4 is 15.4 Å². The average Bonchev–Trinajstić information content (AvgIpc) is 3.01. The fraction of sp³-hybridized carbons (Fsp3) is 0.174. The maximum atomic E-state index is 12.7. The molecule has 0 saturated carbocycles. The van der Waals surface area contributed by atoms with Crippen LogP contribution in [0, 0.1) is 0 Å². The van der Waals surface area contributed by atoms with E-state index in [0.717, 1.165) is 17.6 Å². The highest BCUT2D eigenvalue weighted by atomic mass is 35.5. The molecule has 2 aromatic carbocycles. The fourth-order valence-corrected chi connectivity index (χ4v) is 4.19.